The van der Waals surface area contributed by atoms with E-state index in [-0.39, 0.29) is 10.5 Å². The molecule has 0 atom stereocenters. The van der Waals surface area contributed by atoms with Gasteiger partial charge in [0.2, 0.25) is 0 Å². The molecule has 1 rings (SSSR count). The minimum absolute atomic E-state index is 0.124. The fourth-order valence-electron chi connectivity index (χ4n) is 0.954. The Labute approximate surface area is 105 Å². The van der Waals surface area contributed by atoms with Gasteiger partial charge in [-0.05, 0) is 40.8 Å². The summed E-state index contributed by atoms with van der Waals surface area (Å²) in [5, 5.41) is 17.0. The quantitative estimate of drug-likeness (QED) is 0.474. The molecule has 0 radical (unpaired) electrons. The van der Waals surface area contributed by atoms with Crippen molar-refractivity contribution in [3.8, 4) is 6.19 Å². The van der Waals surface area contributed by atoms with Crippen molar-refractivity contribution in [2.75, 3.05) is 0 Å². The van der Waals surface area contributed by atoms with E-state index >= 15 is 0 Å². The lowest BCUT2D eigenvalue weighted by atomic mass is 10.2. The third-order valence-electron chi connectivity index (χ3n) is 1.66. The van der Waals surface area contributed by atoms with Crippen LogP contribution in [0.5, 0.6) is 0 Å². The molecule has 0 fully saturated rings. The average molecular weight is 352 g/mol. The van der Waals surface area contributed by atoms with Crippen molar-refractivity contribution in [2.45, 2.75) is 4.90 Å². The summed E-state index contributed by atoms with van der Waals surface area (Å²) in [6.45, 7) is 0. The van der Waals surface area contributed by atoms with Crippen LogP contribution < -0.4 is 4.72 Å². The Morgan fingerprint density at radius 3 is 2.62 bits per heavy atom. The second kappa shape index (κ2) is 4.67. The molecule has 0 spiro atoms. The first-order valence-electron chi connectivity index (χ1n) is 3.82. The zero-order valence-electron chi connectivity index (χ0n) is 7.64. The van der Waals surface area contributed by atoms with Crippen LogP contribution in [0.1, 0.15) is 10.4 Å². The van der Waals surface area contributed by atoms with Crippen LogP contribution in [0.15, 0.2) is 23.1 Å². The molecule has 0 amide bonds. The van der Waals surface area contributed by atoms with Crippen molar-refractivity contribution in [3.05, 3.63) is 27.3 Å². The van der Waals surface area contributed by atoms with Crippen molar-refractivity contribution >= 4 is 38.6 Å². The van der Waals surface area contributed by atoms with Gasteiger partial charge in [0.25, 0.3) is 10.0 Å². The molecule has 0 aliphatic carbocycles. The van der Waals surface area contributed by atoms with E-state index in [1.165, 1.54) is 18.3 Å². The van der Waals surface area contributed by atoms with E-state index in [0.29, 0.717) is 3.57 Å². The third-order valence-corrected chi connectivity index (χ3v) is 3.83. The summed E-state index contributed by atoms with van der Waals surface area (Å²) in [5.74, 6) is -1.22. The molecule has 0 saturated carbocycles. The number of halogens is 1. The molecule has 0 aliphatic rings. The van der Waals surface area contributed by atoms with E-state index in [0.717, 1.165) is 6.07 Å². The van der Waals surface area contributed by atoms with Gasteiger partial charge in [-0.15, -0.1) is 0 Å². The van der Waals surface area contributed by atoms with E-state index in [1.54, 1.807) is 27.3 Å². The molecule has 2 N–H and O–H groups in total. The molecule has 84 valence electrons. The molecular weight excluding hydrogens is 347 g/mol. The highest BCUT2D eigenvalue weighted by Crippen LogP contribution is 2.17. The fourth-order valence-corrected chi connectivity index (χ4v) is 2.28. The van der Waals surface area contributed by atoms with E-state index < -0.39 is 16.0 Å². The number of carboxylic acid groups (broad SMARTS) is 1. The summed E-state index contributed by atoms with van der Waals surface area (Å²) >= 11 is 1.78. The number of hydrogen-bond donors (Lipinski definition) is 2. The van der Waals surface area contributed by atoms with Gasteiger partial charge in [0, 0.05) is 3.57 Å². The smallest absolute Gasteiger partial charge is 0.336 e. The fraction of sp³-hybridized carbons (Fsp3) is 0. The molecule has 1 aromatic carbocycles. The van der Waals surface area contributed by atoms with Crippen LogP contribution in [0.3, 0.4) is 0 Å². The monoisotopic (exact) mass is 352 g/mol. The average Bonchev–Trinajstić information content (AvgIpc) is 2.17. The maximum absolute atomic E-state index is 11.4. The standard InChI is InChI=1S/C8H5IN2O4S/c9-7-2-1-5(3-6(7)8(12)13)16(14,15)11-4-10/h1-3,11H,(H,12,13). The zero-order valence-corrected chi connectivity index (χ0v) is 10.6. The Morgan fingerprint density at radius 1 is 1.50 bits per heavy atom. The van der Waals surface area contributed by atoms with Gasteiger partial charge in [-0.1, -0.05) is 0 Å². The first-order valence-corrected chi connectivity index (χ1v) is 6.38. The predicted molar refractivity (Wildman–Crippen MR) is 62.1 cm³/mol. The van der Waals surface area contributed by atoms with E-state index in [1.807, 2.05) is 0 Å². The maximum Gasteiger partial charge on any atom is 0.336 e. The highest BCUT2D eigenvalue weighted by Gasteiger charge is 2.17. The summed E-state index contributed by atoms with van der Waals surface area (Å²) < 4.78 is 24.8. The van der Waals surface area contributed by atoms with E-state index in [9.17, 15) is 13.2 Å². The number of aromatic carboxylic acids is 1. The molecule has 6 nitrogen and oxygen atoms in total. The van der Waals surface area contributed by atoms with Crippen LogP contribution in [-0.4, -0.2) is 19.5 Å². The summed E-state index contributed by atoms with van der Waals surface area (Å²) in [4.78, 5) is 10.5. The normalized spacial score (nSPS) is 10.5. The summed E-state index contributed by atoms with van der Waals surface area (Å²) in [5.41, 5.74) is -0.124. The number of rotatable bonds is 3. The molecule has 0 unspecified atom stereocenters. The van der Waals surface area contributed by atoms with Crippen LogP contribution in [0.4, 0.5) is 0 Å². The molecule has 0 bridgehead atoms. The number of carbonyl (C=O) groups is 1. The first-order chi connectivity index (χ1) is 7.38. The van der Waals surface area contributed by atoms with Crippen molar-refractivity contribution in [3.63, 3.8) is 0 Å². The Balaban J connectivity index is 3.35. The minimum Gasteiger partial charge on any atom is -0.478 e. The predicted octanol–water partition coefficient (Wildman–Crippen LogP) is 0.749. The van der Waals surface area contributed by atoms with Gasteiger partial charge in [-0.25, -0.2) is 17.9 Å². The van der Waals surface area contributed by atoms with Gasteiger partial charge < -0.3 is 5.11 Å². The van der Waals surface area contributed by atoms with Gasteiger partial charge in [0.05, 0.1) is 10.5 Å². The van der Waals surface area contributed by atoms with Crippen LogP contribution in [0, 0.1) is 15.0 Å². The number of sulfonamides is 1. The SMILES string of the molecule is N#CNS(=O)(=O)c1ccc(I)c(C(=O)O)c1. The number of nitrogens with one attached hydrogen (secondary N) is 1. The van der Waals surface area contributed by atoms with Crippen molar-refractivity contribution in [2.24, 2.45) is 0 Å². The number of benzene rings is 1. The largest absolute Gasteiger partial charge is 0.478 e. The van der Waals surface area contributed by atoms with Crippen molar-refractivity contribution in [1.29, 1.82) is 5.26 Å². The minimum atomic E-state index is -3.96. The van der Waals surface area contributed by atoms with Gasteiger partial charge in [-0.2, -0.15) is 5.26 Å². The molecule has 0 aliphatic heterocycles. The first kappa shape index (κ1) is 12.7. The van der Waals surface area contributed by atoms with Crippen LogP contribution in [0.25, 0.3) is 0 Å². The van der Waals surface area contributed by atoms with Crippen molar-refractivity contribution in [1.82, 2.24) is 4.72 Å². The van der Waals surface area contributed by atoms with E-state index in [2.05, 4.69) is 0 Å². The van der Waals surface area contributed by atoms with Gasteiger partial charge in [0.15, 0.2) is 6.19 Å². The molecule has 8 heteroatoms. The van der Waals surface area contributed by atoms with Crippen LogP contribution in [0.2, 0.25) is 0 Å². The highest BCUT2D eigenvalue weighted by atomic mass is 127. The molecule has 16 heavy (non-hydrogen) atoms. The zero-order chi connectivity index (χ0) is 12.3. The second-order valence-corrected chi connectivity index (χ2v) is 5.51. The van der Waals surface area contributed by atoms with Gasteiger partial charge in [-0.3, -0.25) is 0 Å². The Hall–Kier alpha value is -1.34. The Bertz CT molecular complexity index is 576. The van der Waals surface area contributed by atoms with Gasteiger partial charge in [0.1, 0.15) is 0 Å². The third kappa shape index (κ3) is 2.61. The maximum atomic E-state index is 11.4. The summed E-state index contributed by atoms with van der Waals surface area (Å²) in [6.07, 6.45) is 1.28. The lowest BCUT2D eigenvalue weighted by molar-refractivity contribution is 0.0695. The van der Waals surface area contributed by atoms with Crippen LogP contribution in [-0.2, 0) is 10.0 Å². The number of carboxylic acids is 1. The summed E-state index contributed by atoms with van der Waals surface area (Å²) in [7, 11) is -3.96. The Kier molecular flexibility index (Phi) is 3.71. The van der Waals surface area contributed by atoms with Gasteiger partial charge >= 0.3 is 5.97 Å². The van der Waals surface area contributed by atoms with E-state index in [4.69, 9.17) is 10.4 Å². The molecule has 0 heterocycles. The lowest BCUT2D eigenvalue weighted by Gasteiger charge is -2.04. The lowest BCUT2D eigenvalue weighted by Crippen LogP contribution is -2.18. The number of nitriles is 1. The molecule has 1 aromatic rings. The summed E-state index contributed by atoms with van der Waals surface area (Å²) in [6, 6.07) is 3.59. The molecule has 0 aromatic heterocycles. The molecule has 0 saturated heterocycles. The number of hydrogen-bond acceptors (Lipinski definition) is 4. The van der Waals surface area contributed by atoms with Crippen LogP contribution >= 0.6 is 22.6 Å². The molecular formula is C8H5IN2O4S. The topological polar surface area (TPSA) is 107 Å². The number of nitrogens with zero attached hydrogens (tertiary/aromatic N) is 1. The highest BCUT2D eigenvalue weighted by molar-refractivity contribution is 14.1. The second-order valence-electron chi connectivity index (χ2n) is 2.66. The van der Waals surface area contributed by atoms with Crippen molar-refractivity contribution < 1.29 is 18.3 Å². The Morgan fingerprint density at radius 2 is 2.12 bits per heavy atom.